The zero-order valence-electron chi connectivity index (χ0n) is 12.3. The van der Waals surface area contributed by atoms with Crippen molar-refractivity contribution in [3.05, 3.63) is 30.1 Å². The summed E-state index contributed by atoms with van der Waals surface area (Å²) in [5, 5.41) is 8.03. The van der Waals surface area contributed by atoms with Crippen LogP contribution in [0.4, 0.5) is 0 Å². The molecule has 1 aromatic heterocycles. The maximum atomic E-state index is 6.00. The molecular formula is C16H25N3O. The van der Waals surface area contributed by atoms with E-state index in [-0.39, 0.29) is 6.10 Å². The molecule has 3 rings (SSSR count). The number of nitrogens with one attached hydrogen (secondary N) is 1. The third-order valence-electron chi connectivity index (χ3n) is 4.42. The molecule has 0 aromatic carbocycles. The molecule has 0 saturated carbocycles. The van der Waals surface area contributed by atoms with Gasteiger partial charge in [0.15, 0.2) is 0 Å². The van der Waals surface area contributed by atoms with Gasteiger partial charge in [0, 0.05) is 31.5 Å². The van der Waals surface area contributed by atoms with Gasteiger partial charge in [-0.05, 0) is 44.6 Å². The predicted octanol–water partition coefficient (Wildman–Crippen LogP) is 2.59. The molecule has 4 nitrogen and oxygen atoms in total. The third-order valence-corrected chi connectivity index (χ3v) is 4.42. The topological polar surface area (TPSA) is 39.1 Å². The van der Waals surface area contributed by atoms with Gasteiger partial charge < -0.3 is 10.1 Å². The van der Waals surface area contributed by atoms with Crippen molar-refractivity contribution >= 4 is 0 Å². The monoisotopic (exact) mass is 275 g/mol. The van der Waals surface area contributed by atoms with E-state index in [2.05, 4.69) is 28.8 Å². The second-order valence-corrected chi connectivity index (χ2v) is 6.05. The van der Waals surface area contributed by atoms with E-state index in [1.807, 2.05) is 17.9 Å². The van der Waals surface area contributed by atoms with Gasteiger partial charge in [0.2, 0.25) is 0 Å². The zero-order valence-corrected chi connectivity index (χ0v) is 12.3. The van der Waals surface area contributed by atoms with Gasteiger partial charge in [-0.15, -0.1) is 0 Å². The lowest BCUT2D eigenvalue weighted by Gasteiger charge is -2.33. The maximum Gasteiger partial charge on any atom is 0.101 e. The van der Waals surface area contributed by atoms with E-state index in [1.54, 1.807) is 0 Å². The molecule has 0 amide bonds. The highest BCUT2D eigenvalue weighted by molar-refractivity contribution is 5.12. The lowest BCUT2D eigenvalue weighted by Crippen LogP contribution is -2.41. The Morgan fingerprint density at radius 3 is 3.10 bits per heavy atom. The Bertz CT molecular complexity index is 454. The Balaban J connectivity index is 1.59. The Hall–Kier alpha value is -1.13. The highest BCUT2D eigenvalue weighted by atomic mass is 16.5. The average molecular weight is 275 g/mol. The normalized spacial score (nSPS) is 30.6. The molecule has 1 aliphatic heterocycles. The van der Waals surface area contributed by atoms with Crippen LogP contribution in [0, 0.1) is 5.92 Å². The Kier molecular flexibility index (Phi) is 4.53. The van der Waals surface area contributed by atoms with Crippen LogP contribution in [-0.2, 0) is 11.8 Å². The second kappa shape index (κ2) is 6.55. The van der Waals surface area contributed by atoms with Crippen molar-refractivity contribution in [3.8, 4) is 0 Å². The Morgan fingerprint density at radius 1 is 1.40 bits per heavy atom. The van der Waals surface area contributed by atoms with Crippen LogP contribution in [-0.4, -0.2) is 29.0 Å². The van der Waals surface area contributed by atoms with Crippen LogP contribution in [0.5, 0.6) is 0 Å². The van der Waals surface area contributed by atoms with E-state index in [9.17, 15) is 0 Å². The Morgan fingerprint density at radius 2 is 2.35 bits per heavy atom. The SMILES string of the molecule is Cn1cc([C@H]2OCCC[C@@H]2NC[C@H]2CC=CCC2)cn1. The van der Waals surface area contributed by atoms with E-state index in [0.717, 1.165) is 25.5 Å². The number of allylic oxidation sites excluding steroid dienone is 2. The van der Waals surface area contributed by atoms with Crippen molar-refractivity contribution in [3.63, 3.8) is 0 Å². The second-order valence-electron chi connectivity index (χ2n) is 6.05. The highest BCUT2D eigenvalue weighted by Gasteiger charge is 2.28. The summed E-state index contributed by atoms with van der Waals surface area (Å²) >= 11 is 0. The summed E-state index contributed by atoms with van der Waals surface area (Å²) in [6.45, 7) is 1.97. The first-order valence-electron chi connectivity index (χ1n) is 7.81. The van der Waals surface area contributed by atoms with Gasteiger partial charge in [0.05, 0.1) is 6.20 Å². The number of nitrogens with zero attached hydrogens (tertiary/aromatic N) is 2. The summed E-state index contributed by atoms with van der Waals surface area (Å²) in [6.07, 6.45) is 14.9. The number of hydrogen-bond donors (Lipinski definition) is 1. The molecule has 3 atom stereocenters. The van der Waals surface area contributed by atoms with Crippen molar-refractivity contribution in [2.75, 3.05) is 13.2 Å². The van der Waals surface area contributed by atoms with Gasteiger partial charge in [-0.2, -0.15) is 5.10 Å². The first-order chi connectivity index (χ1) is 9.83. The number of aryl methyl sites for hydroxylation is 1. The quantitative estimate of drug-likeness (QED) is 0.858. The molecule has 2 heterocycles. The molecule has 1 N–H and O–H groups in total. The number of aromatic nitrogens is 2. The van der Waals surface area contributed by atoms with E-state index in [0.29, 0.717) is 6.04 Å². The van der Waals surface area contributed by atoms with Gasteiger partial charge in [0.1, 0.15) is 6.10 Å². The largest absolute Gasteiger partial charge is 0.372 e. The van der Waals surface area contributed by atoms with Crippen molar-refractivity contribution in [2.45, 2.75) is 44.2 Å². The van der Waals surface area contributed by atoms with Crippen molar-refractivity contribution in [1.29, 1.82) is 0 Å². The van der Waals surface area contributed by atoms with E-state index in [4.69, 9.17) is 4.74 Å². The summed E-state index contributed by atoms with van der Waals surface area (Å²) in [5.41, 5.74) is 1.20. The molecule has 1 aromatic rings. The van der Waals surface area contributed by atoms with Crippen LogP contribution in [0.25, 0.3) is 0 Å². The molecule has 0 spiro atoms. The molecule has 1 fully saturated rings. The van der Waals surface area contributed by atoms with Crippen LogP contribution in [0.1, 0.15) is 43.8 Å². The number of ether oxygens (including phenoxy) is 1. The van der Waals surface area contributed by atoms with E-state index in [1.165, 1.54) is 31.2 Å². The first-order valence-corrected chi connectivity index (χ1v) is 7.81. The van der Waals surface area contributed by atoms with E-state index >= 15 is 0 Å². The smallest absolute Gasteiger partial charge is 0.101 e. The molecule has 4 heteroatoms. The van der Waals surface area contributed by atoms with Gasteiger partial charge in [-0.25, -0.2) is 0 Å². The Labute approximate surface area is 121 Å². The highest BCUT2D eigenvalue weighted by Crippen LogP contribution is 2.28. The lowest BCUT2D eigenvalue weighted by atomic mass is 9.92. The zero-order chi connectivity index (χ0) is 13.8. The number of hydrogen-bond acceptors (Lipinski definition) is 3. The van der Waals surface area contributed by atoms with Crippen molar-refractivity contribution in [1.82, 2.24) is 15.1 Å². The van der Waals surface area contributed by atoms with Gasteiger partial charge in [-0.3, -0.25) is 4.68 Å². The molecule has 1 saturated heterocycles. The van der Waals surface area contributed by atoms with Crippen LogP contribution >= 0.6 is 0 Å². The third kappa shape index (κ3) is 3.30. The van der Waals surface area contributed by atoms with Crippen molar-refractivity contribution in [2.24, 2.45) is 13.0 Å². The summed E-state index contributed by atoms with van der Waals surface area (Å²) in [7, 11) is 1.96. The molecule has 0 unspecified atom stereocenters. The molecule has 110 valence electrons. The molecule has 2 aliphatic rings. The fourth-order valence-corrected chi connectivity index (χ4v) is 3.27. The van der Waals surface area contributed by atoms with Crippen LogP contribution in [0.3, 0.4) is 0 Å². The molecular weight excluding hydrogens is 250 g/mol. The summed E-state index contributed by atoms with van der Waals surface area (Å²) in [5.74, 6) is 0.788. The van der Waals surface area contributed by atoms with Crippen LogP contribution in [0.15, 0.2) is 24.5 Å². The fraction of sp³-hybridized carbons (Fsp3) is 0.688. The molecule has 20 heavy (non-hydrogen) atoms. The average Bonchev–Trinajstić information content (AvgIpc) is 2.93. The minimum absolute atomic E-state index is 0.164. The summed E-state index contributed by atoms with van der Waals surface area (Å²) < 4.78 is 7.86. The lowest BCUT2D eigenvalue weighted by molar-refractivity contribution is -0.0117. The maximum absolute atomic E-state index is 6.00. The van der Waals surface area contributed by atoms with Gasteiger partial charge in [0.25, 0.3) is 0 Å². The van der Waals surface area contributed by atoms with Crippen LogP contribution < -0.4 is 5.32 Å². The van der Waals surface area contributed by atoms with E-state index < -0.39 is 0 Å². The van der Waals surface area contributed by atoms with Gasteiger partial charge >= 0.3 is 0 Å². The van der Waals surface area contributed by atoms with Crippen LogP contribution in [0.2, 0.25) is 0 Å². The molecule has 0 radical (unpaired) electrons. The van der Waals surface area contributed by atoms with Gasteiger partial charge in [-0.1, -0.05) is 12.2 Å². The summed E-state index contributed by atoms with van der Waals surface area (Å²) in [6, 6.07) is 0.429. The predicted molar refractivity (Wildman–Crippen MR) is 79.4 cm³/mol. The standard InChI is InChI=1S/C16H25N3O/c1-19-12-14(11-18-19)16-15(8-5-9-20-16)17-10-13-6-3-2-4-7-13/h2-3,11-13,15-17H,4-10H2,1H3/t13-,15-,16+/m0/s1. The minimum atomic E-state index is 0.164. The molecule has 0 bridgehead atoms. The summed E-state index contributed by atoms with van der Waals surface area (Å²) in [4.78, 5) is 0. The molecule has 1 aliphatic carbocycles. The first kappa shape index (κ1) is 13.8. The van der Waals surface area contributed by atoms with Crippen molar-refractivity contribution < 1.29 is 4.74 Å². The fourth-order valence-electron chi connectivity index (χ4n) is 3.27. The number of rotatable bonds is 4. The minimum Gasteiger partial charge on any atom is -0.372 e.